The van der Waals surface area contributed by atoms with Crippen molar-refractivity contribution in [2.24, 2.45) is 0 Å². The Morgan fingerprint density at radius 3 is 2.41 bits per heavy atom. The molecule has 0 saturated carbocycles. The van der Waals surface area contributed by atoms with Crippen LogP contribution < -0.4 is 5.32 Å². The third-order valence-corrected chi connectivity index (χ3v) is 2.68. The van der Waals surface area contributed by atoms with Gasteiger partial charge in [-0.25, -0.2) is 4.79 Å². The first-order valence-corrected chi connectivity index (χ1v) is 6.55. The lowest BCUT2D eigenvalue weighted by Gasteiger charge is -2.26. The molecule has 17 heavy (non-hydrogen) atoms. The number of hydrogen-bond acceptors (Lipinski definition) is 4. The summed E-state index contributed by atoms with van der Waals surface area (Å²) in [6, 6.07) is -0.886. The molecule has 2 N–H and O–H groups in total. The smallest absolute Gasteiger partial charge is 0.326 e. The fourth-order valence-electron chi connectivity index (χ4n) is 1.23. The van der Waals surface area contributed by atoms with Crippen LogP contribution in [0.5, 0.6) is 0 Å². The summed E-state index contributed by atoms with van der Waals surface area (Å²) in [4.78, 5) is 34.5. The summed E-state index contributed by atoms with van der Waals surface area (Å²) in [6.45, 7) is 3.28. The minimum atomic E-state index is -1.05. The molecule has 0 saturated heterocycles. The van der Waals surface area contributed by atoms with E-state index in [2.05, 4.69) is 5.32 Å². The van der Waals surface area contributed by atoms with Crippen LogP contribution in [-0.2, 0) is 14.4 Å². The van der Waals surface area contributed by atoms with Gasteiger partial charge in [-0.1, -0.05) is 0 Å². The van der Waals surface area contributed by atoms with Gasteiger partial charge in [0.25, 0.3) is 0 Å². The fourth-order valence-corrected chi connectivity index (χ4v) is 1.64. The zero-order valence-electron chi connectivity index (χ0n) is 10.2. The molecule has 1 atom stereocenters. The predicted molar refractivity (Wildman–Crippen MR) is 65.9 cm³/mol. The van der Waals surface area contributed by atoms with E-state index < -0.39 is 12.0 Å². The molecule has 98 valence electrons. The molecule has 1 unspecified atom stereocenters. The number of amides is 2. The second-order valence-electron chi connectivity index (χ2n) is 3.52. The van der Waals surface area contributed by atoms with Crippen molar-refractivity contribution in [3.63, 3.8) is 0 Å². The second kappa shape index (κ2) is 7.94. The molecule has 7 heteroatoms. The summed E-state index contributed by atoms with van der Waals surface area (Å²) >= 11 is 1.34. The summed E-state index contributed by atoms with van der Waals surface area (Å²) in [5.74, 6) is -1.26. The number of aliphatic carboxylic acids is 1. The minimum absolute atomic E-state index is 0.201. The molecule has 0 spiro atoms. The van der Waals surface area contributed by atoms with Crippen molar-refractivity contribution >= 4 is 29.5 Å². The zero-order valence-corrected chi connectivity index (χ0v) is 11.0. The topological polar surface area (TPSA) is 86.7 Å². The maximum atomic E-state index is 11.7. The molecule has 0 rings (SSSR count). The number of carbonyl (C=O) groups is 3. The van der Waals surface area contributed by atoms with Crippen LogP contribution in [0, 0.1) is 0 Å². The maximum absolute atomic E-state index is 11.7. The highest BCUT2D eigenvalue weighted by atomic mass is 32.2. The van der Waals surface area contributed by atoms with Crippen molar-refractivity contribution in [2.45, 2.75) is 19.9 Å². The van der Waals surface area contributed by atoms with Crippen molar-refractivity contribution in [1.29, 1.82) is 0 Å². The normalized spacial score (nSPS) is 11.7. The Bertz CT molecular complexity index is 296. The highest BCUT2D eigenvalue weighted by Crippen LogP contribution is 2.04. The number of carboxylic acid groups (broad SMARTS) is 1. The van der Waals surface area contributed by atoms with Gasteiger partial charge in [0.05, 0.1) is 5.75 Å². The summed E-state index contributed by atoms with van der Waals surface area (Å²) in [6.07, 6.45) is 1.77. The number of rotatable bonds is 7. The highest BCUT2D eigenvalue weighted by Gasteiger charge is 2.24. The third-order valence-electron chi connectivity index (χ3n) is 2.14. The molecule has 0 aliphatic carbocycles. The van der Waals surface area contributed by atoms with Gasteiger partial charge in [-0.3, -0.25) is 9.59 Å². The summed E-state index contributed by atoms with van der Waals surface area (Å²) in [5.41, 5.74) is 0. The van der Waals surface area contributed by atoms with Gasteiger partial charge in [0.2, 0.25) is 11.8 Å². The number of nitrogens with one attached hydrogen (secondary N) is 1. The molecule has 2 amide bonds. The van der Waals surface area contributed by atoms with Gasteiger partial charge in [-0.15, -0.1) is 0 Å². The molecular formula is C10H18N2O4S. The van der Waals surface area contributed by atoms with Crippen molar-refractivity contribution < 1.29 is 19.5 Å². The monoisotopic (exact) mass is 262 g/mol. The van der Waals surface area contributed by atoms with Crippen molar-refractivity contribution in [3.8, 4) is 0 Å². The number of carboxylic acids is 1. The SMILES string of the molecule is CSCC(=O)N(CCNC(C)=O)C(C)C(=O)O. The molecule has 0 aliphatic heterocycles. The fraction of sp³-hybridized carbons (Fsp3) is 0.700. The molecule has 0 bridgehead atoms. The first-order chi connectivity index (χ1) is 7.90. The average molecular weight is 262 g/mol. The summed E-state index contributed by atoms with van der Waals surface area (Å²) in [5, 5.41) is 11.4. The molecule has 0 aromatic carbocycles. The Morgan fingerprint density at radius 1 is 1.41 bits per heavy atom. The number of thioether (sulfide) groups is 1. The summed E-state index contributed by atoms with van der Waals surface area (Å²) in [7, 11) is 0. The molecule has 0 fully saturated rings. The van der Waals surface area contributed by atoms with Crippen LogP contribution in [0.1, 0.15) is 13.8 Å². The van der Waals surface area contributed by atoms with E-state index in [0.29, 0.717) is 0 Å². The van der Waals surface area contributed by atoms with Gasteiger partial charge in [-0.05, 0) is 13.2 Å². The lowest BCUT2D eigenvalue weighted by atomic mass is 10.3. The number of carbonyl (C=O) groups excluding carboxylic acids is 2. The number of hydrogen-bond donors (Lipinski definition) is 2. The van der Waals surface area contributed by atoms with Crippen molar-refractivity contribution in [3.05, 3.63) is 0 Å². The Balaban J connectivity index is 4.45. The molecule has 0 heterocycles. The lowest BCUT2D eigenvalue weighted by molar-refractivity contribution is -0.148. The van der Waals surface area contributed by atoms with Crippen LogP contribution in [-0.4, -0.2) is 58.9 Å². The van der Waals surface area contributed by atoms with E-state index in [-0.39, 0.29) is 30.7 Å². The van der Waals surface area contributed by atoms with Crippen LogP contribution in [0.25, 0.3) is 0 Å². The first kappa shape index (κ1) is 15.8. The maximum Gasteiger partial charge on any atom is 0.326 e. The molecule has 0 aromatic rings. The van der Waals surface area contributed by atoms with Gasteiger partial charge in [0, 0.05) is 20.0 Å². The van der Waals surface area contributed by atoms with Gasteiger partial charge >= 0.3 is 5.97 Å². The van der Waals surface area contributed by atoms with Gasteiger partial charge < -0.3 is 15.3 Å². The first-order valence-electron chi connectivity index (χ1n) is 5.15. The van der Waals surface area contributed by atoms with Gasteiger partial charge in [0.15, 0.2) is 0 Å². The Hall–Kier alpha value is -1.24. The lowest BCUT2D eigenvalue weighted by Crippen LogP contribution is -2.47. The number of nitrogens with zero attached hydrogens (tertiary/aromatic N) is 1. The van der Waals surface area contributed by atoms with E-state index in [1.807, 2.05) is 0 Å². The largest absolute Gasteiger partial charge is 0.480 e. The Labute approximate surface area is 105 Å². The third kappa shape index (κ3) is 6.15. The minimum Gasteiger partial charge on any atom is -0.480 e. The Kier molecular flexibility index (Phi) is 7.36. The van der Waals surface area contributed by atoms with Gasteiger partial charge in [-0.2, -0.15) is 11.8 Å². The standard InChI is InChI=1S/C10H18N2O4S/c1-7(10(15)16)12(9(14)6-17-3)5-4-11-8(2)13/h7H,4-6H2,1-3H3,(H,11,13)(H,15,16). The average Bonchev–Trinajstić information content (AvgIpc) is 2.23. The Morgan fingerprint density at radius 2 is 2.00 bits per heavy atom. The molecule has 0 aromatic heterocycles. The van der Waals surface area contributed by atoms with Crippen LogP contribution in [0.4, 0.5) is 0 Å². The van der Waals surface area contributed by atoms with E-state index in [0.717, 1.165) is 0 Å². The van der Waals surface area contributed by atoms with Crippen LogP contribution in [0.2, 0.25) is 0 Å². The highest BCUT2D eigenvalue weighted by molar-refractivity contribution is 7.99. The summed E-state index contributed by atoms with van der Waals surface area (Å²) < 4.78 is 0. The van der Waals surface area contributed by atoms with Gasteiger partial charge in [0.1, 0.15) is 6.04 Å². The molecule has 0 aliphatic rings. The van der Waals surface area contributed by atoms with Crippen molar-refractivity contribution in [2.75, 3.05) is 25.1 Å². The predicted octanol–water partition coefficient (Wildman–Crippen LogP) is -0.213. The van der Waals surface area contributed by atoms with Crippen LogP contribution in [0.3, 0.4) is 0 Å². The molecule has 0 radical (unpaired) electrons. The zero-order chi connectivity index (χ0) is 13.4. The van der Waals surface area contributed by atoms with E-state index in [4.69, 9.17) is 5.11 Å². The second-order valence-corrected chi connectivity index (χ2v) is 4.38. The van der Waals surface area contributed by atoms with Crippen molar-refractivity contribution in [1.82, 2.24) is 10.2 Å². The van der Waals surface area contributed by atoms with E-state index in [9.17, 15) is 14.4 Å². The van der Waals surface area contributed by atoms with E-state index in [1.165, 1.54) is 30.5 Å². The van der Waals surface area contributed by atoms with E-state index in [1.54, 1.807) is 6.26 Å². The molecule has 6 nitrogen and oxygen atoms in total. The van der Waals surface area contributed by atoms with Crippen LogP contribution in [0.15, 0.2) is 0 Å². The molecular weight excluding hydrogens is 244 g/mol. The van der Waals surface area contributed by atoms with Crippen LogP contribution >= 0.6 is 11.8 Å². The van der Waals surface area contributed by atoms with E-state index >= 15 is 0 Å². The quantitative estimate of drug-likeness (QED) is 0.663.